The van der Waals surface area contributed by atoms with Gasteiger partial charge in [-0.3, -0.25) is 0 Å². The third-order valence-electron chi connectivity index (χ3n) is 4.54. The Bertz CT molecular complexity index is 967. The minimum Gasteiger partial charge on any atom is -0.541 e. The summed E-state index contributed by atoms with van der Waals surface area (Å²) >= 11 is 6.03. The van der Waals surface area contributed by atoms with Crippen LogP contribution in [0.1, 0.15) is 20.8 Å². The minimum atomic E-state index is -5.84. The van der Waals surface area contributed by atoms with E-state index in [-0.39, 0.29) is 10.8 Å². The van der Waals surface area contributed by atoms with Gasteiger partial charge in [-0.05, 0) is 41.7 Å². The highest BCUT2D eigenvalue weighted by Crippen LogP contribution is 2.44. The summed E-state index contributed by atoms with van der Waals surface area (Å²) in [5.74, 6) is -0.582. The Morgan fingerprint density at radius 3 is 2.11 bits per heavy atom. The highest BCUT2D eigenvalue weighted by atomic mass is 35.5. The molecule has 0 unspecified atom stereocenters. The number of benzene rings is 2. The quantitative estimate of drug-likeness (QED) is 0.327. The van der Waals surface area contributed by atoms with Gasteiger partial charge in [0.05, 0.1) is 0 Å². The molecule has 0 bridgehead atoms. The van der Waals surface area contributed by atoms with Gasteiger partial charge in [0, 0.05) is 10.4 Å². The molecule has 150 valence electrons. The van der Waals surface area contributed by atoms with Crippen LogP contribution in [0.3, 0.4) is 0 Å². The second kappa shape index (κ2) is 6.86. The molecule has 0 spiro atoms. The summed E-state index contributed by atoms with van der Waals surface area (Å²) in [7, 11) is -8.37. The zero-order valence-corrected chi connectivity index (χ0v) is 18.0. The lowest BCUT2D eigenvalue weighted by Gasteiger charge is -2.37. The van der Waals surface area contributed by atoms with Crippen molar-refractivity contribution < 1.29 is 30.2 Å². The van der Waals surface area contributed by atoms with Gasteiger partial charge in [0.25, 0.3) is 8.32 Å². The molecule has 2 rings (SSSR count). The van der Waals surface area contributed by atoms with Gasteiger partial charge >= 0.3 is 15.6 Å². The van der Waals surface area contributed by atoms with Crippen LogP contribution in [0.15, 0.2) is 30.3 Å². The molecule has 2 aromatic carbocycles. The van der Waals surface area contributed by atoms with E-state index in [0.717, 1.165) is 6.07 Å². The molecule has 0 fully saturated rings. The van der Waals surface area contributed by atoms with Crippen LogP contribution >= 0.6 is 11.6 Å². The zero-order valence-electron chi connectivity index (χ0n) is 15.4. The van der Waals surface area contributed by atoms with E-state index in [1.807, 2.05) is 33.9 Å². The molecule has 0 aliphatic heterocycles. The molecule has 2 aromatic rings. The fourth-order valence-electron chi connectivity index (χ4n) is 1.99. The molecule has 0 N–H and O–H groups in total. The molecule has 0 aliphatic rings. The van der Waals surface area contributed by atoms with Crippen LogP contribution in [-0.2, 0) is 10.1 Å². The molecule has 0 aliphatic carbocycles. The molecule has 0 atom stereocenters. The number of hydrogen-bond donors (Lipinski definition) is 0. The van der Waals surface area contributed by atoms with E-state index in [1.54, 1.807) is 12.1 Å². The molecule has 0 radical (unpaired) electrons. The van der Waals surface area contributed by atoms with E-state index < -0.39 is 29.7 Å². The summed E-state index contributed by atoms with van der Waals surface area (Å²) in [5.41, 5.74) is -5.55. The maximum Gasteiger partial charge on any atom is 0.534 e. The zero-order chi connectivity index (χ0) is 20.8. The molecule has 10 heteroatoms. The lowest BCUT2D eigenvalue weighted by molar-refractivity contribution is -0.0500. The Kier molecular flexibility index (Phi) is 5.55. The molecule has 0 amide bonds. The molecule has 4 nitrogen and oxygen atoms in total. The first-order valence-electron chi connectivity index (χ1n) is 7.97. The largest absolute Gasteiger partial charge is 0.541 e. The number of hydrogen-bond acceptors (Lipinski definition) is 4. The molecular formula is C17H20ClF3O4SSi. The van der Waals surface area contributed by atoms with Crippen LogP contribution in [0.4, 0.5) is 13.2 Å². The van der Waals surface area contributed by atoms with Crippen LogP contribution in [0.5, 0.6) is 11.5 Å². The van der Waals surface area contributed by atoms with Crippen molar-refractivity contribution in [3.63, 3.8) is 0 Å². The number of halogens is 4. The van der Waals surface area contributed by atoms with Gasteiger partial charge in [0.1, 0.15) is 0 Å². The van der Waals surface area contributed by atoms with Crippen LogP contribution in [0.25, 0.3) is 10.8 Å². The Labute approximate surface area is 162 Å². The first kappa shape index (κ1) is 21.8. The van der Waals surface area contributed by atoms with Gasteiger partial charge in [0.15, 0.2) is 11.5 Å². The Balaban J connectivity index is 2.71. The fraction of sp³-hybridized carbons (Fsp3) is 0.412. The third-order valence-corrected chi connectivity index (χ3v) is 10.1. The molecule has 0 saturated heterocycles. The summed E-state index contributed by atoms with van der Waals surface area (Å²) in [6.45, 7) is 9.62. The van der Waals surface area contributed by atoms with E-state index in [2.05, 4.69) is 4.18 Å². The number of alkyl halides is 3. The predicted molar refractivity (Wildman–Crippen MR) is 102 cm³/mol. The van der Waals surface area contributed by atoms with Crippen LogP contribution in [0.2, 0.25) is 23.2 Å². The highest BCUT2D eigenvalue weighted by Gasteiger charge is 2.49. The maximum absolute atomic E-state index is 12.8. The monoisotopic (exact) mass is 440 g/mol. The Morgan fingerprint density at radius 2 is 1.59 bits per heavy atom. The van der Waals surface area contributed by atoms with Crippen LogP contribution in [-0.4, -0.2) is 22.2 Å². The normalized spacial score (nSPS) is 13.7. The minimum absolute atomic E-state index is 0.0607. The first-order chi connectivity index (χ1) is 12.1. The SMILES string of the molecule is CC(C)(C)[Si](C)(C)Oc1c(OS(=O)(=O)C(F)(F)F)ccc2ccc(Cl)cc12. The van der Waals surface area contributed by atoms with Crippen molar-refractivity contribution in [2.24, 2.45) is 0 Å². The fourth-order valence-corrected chi connectivity index (χ4v) is 3.65. The van der Waals surface area contributed by atoms with E-state index in [9.17, 15) is 21.6 Å². The van der Waals surface area contributed by atoms with Crippen molar-refractivity contribution in [1.82, 2.24) is 0 Å². The van der Waals surface area contributed by atoms with Crippen molar-refractivity contribution in [1.29, 1.82) is 0 Å². The van der Waals surface area contributed by atoms with Crippen LogP contribution < -0.4 is 8.61 Å². The smallest absolute Gasteiger partial charge is 0.534 e. The van der Waals surface area contributed by atoms with E-state index in [1.165, 1.54) is 12.1 Å². The second-order valence-corrected chi connectivity index (χ2v) is 14.3. The average Bonchev–Trinajstić information content (AvgIpc) is 2.47. The van der Waals surface area contributed by atoms with Crippen LogP contribution in [0, 0.1) is 0 Å². The summed E-state index contributed by atoms with van der Waals surface area (Å²) in [6, 6.07) is 7.39. The first-order valence-corrected chi connectivity index (χ1v) is 12.7. The van der Waals surface area contributed by atoms with E-state index in [0.29, 0.717) is 15.8 Å². The third kappa shape index (κ3) is 4.52. The lowest BCUT2D eigenvalue weighted by Crippen LogP contribution is -2.44. The summed E-state index contributed by atoms with van der Waals surface area (Å²) in [6.07, 6.45) is 0. The van der Waals surface area contributed by atoms with Crippen molar-refractivity contribution in [2.75, 3.05) is 0 Å². The molecule has 0 heterocycles. The lowest BCUT2D eigenvalue weighted by atomic mass is 10.1. The second-order valence-electron chi connectivity index (χ2n) is 7.60. The van der Waals surface area contributed by atoms with Gasteiger partial charge < -0.3 is 8.61 Å². The van der Waals surface area contributed by atoms with Crippen molar-refractivity contribution in [3.05, 3.63) is 35.4 Å². The van der Waals surface area contributed by atoms with Gasteiger partial charge in [-0.15, -0.1) is 0 Å². The van der Waals surface area contributed by atoms with Crippen molar-refractivity contribution >= 4 is 40.8 Å². The standard InChI is InChI=1S/C17H20ClF3O4SSi/c1-16(2,3)27(4,5)25-15-13-10-12(18)8-6-11(13)7-9-14(15)24-26(22,23)17(19,20)21/h6-10H,1-5H3. The maximum atomic E-state index is 12.8. The van der Waals surface area contributed by atoms with Crippen molar-refractivity contribution in [3.8, 4) is 11.5 Å². The number of rotatable bonds is 4. The highest BCUT2D eigenvalue weighted by molar-refractivity contribution is 7.88. The van der Waals surface area contributed by atoms with Gasteiger partial charge in [-0.2, -0.15) is 21.6 Å². The number of fused-ring (bicyclic) bond motifs is 1. The molecular weight excluding hydrogens is 421 g/mol. The van der Waals surface area contributed by atoms with Crippen molar-refractivity contribution in [2.45, 2.75) is 44.4 Å². The Hall–Kier alpha value is -1.45. The predicted octanol–water partition coefficient (Wildman–Crippen LogP) is 6.11. The van der Waals surface area contributed by atoms with Gasteiger partial charge in [-0.25, -0.2) is 0 Å². The van der Waals surface area contributed by atoms with Gasteiger partial charge in [0.2, 0.25) is 0 Å². The molecule has 27 heavy (non-hydrogen) atoms. The van der Waals surface area contributed by atoms with E-state index in [4.69, 9.17) is 16.0 Å². The average molecular weight is 441 g/mol. The summed E-state index contributed by atoms with van der Waals surface area (Å²) in [5, 5.41) is 1.05. The van der Waals surface area contributed by atoms with E-state index >= 15 is 0 Å². The topological polar surface area (TPSA) is 52.6 Å². The summed E-state index contributed by atoms with van der Waals surface area (Å²) in [4.78, 5) is 0. The Morgan fingerprint density at radius 1 is 1.04 bits per heavy atom. The molecule has 0 saturated carbocycles. The molecule has 0 aromatic heterocycles. The van der Waals surface area contributed by atoms with Gasteiger partial charge in [-0.1, -0.05) is 44.5 Å². The summed E-state index contributed by atoms with van der Waals surface area (Å²) < 4.78 is 72.0.